The van der Waals surface area contributed by atoms with Crippen molar-refractivity contribution in [3.05, 3.63) is 59.7 Å². The SMILES string of the molecule is CCOc1ccc(C2CCN(c3ccc([C@H](C)NC(=O)C4(C#N)CC4)cc3)CC2)cc1. The van der Waals surface area contributed by atoms with Gasteiger partial charge in [-0.15, -0.1) is 0 Å². The van der Waals surface area contributed by atoms with Gasteiger partial charge >= 0.3 is 0 Å². The highest BCUT2D eigenvalue weighted by molar-refractivity contribution is 5.88. The fourth-order valence-corrected chi connectivity index (χ4v) is 4.38. The first-order chi connectivity index (χ1) is 15.0. The van der Waals surface area contributed by atoms with Gasteiger partial charge in [0.15, 0.2) is 0 Å². The van der Waals surface area contributed by atoms with Gasteiger partial charge in [-0.2, -0.15) is 5.26 Å². The van der Waals surface area contributed by atoms with Crippen LogP contribution in [-0.4, -0.2) is 25.6 Å². The first-order valence-corrected chi connectivity index (χ1v) is 11.3. The Morgan fingerprint density at radius 2 is 1.81 bits per heavy atom. The van der Waals surface area contributed by atoms with Crippen molar-refractivity contribution in [2.24, 2.45) is 5.41 Å². The van der Waals surface area contributed by atoms with Crippen molar-refractivity contribution in [3.63, 3.8) is 0 Å². The van der Waals surface area contributed by atoms with E-state index in [1.165, 1.54) is 11.3 Å². The normalized spacial score (nSPS) is 18.7. The molecule has 2 aromatic rings. The zero-order chi connectivity index (χ0) is 21.8. The van der Waals surface area contributed by atoms with Crippen LogP contribution >= 0.6 is 0 Å². The lowest BCUT2D eigenvalue weighted by molar-refractivity contribution is -0.125. The number of rotatable bonds is 7. The predicted octanol–water partition coefficient (Wildman–Crippen LogP) is 4.95. The van der Waals surface area contributed by atoms with E-state index in [2.05, 4.69) is 64.8 Å². The van der Waals surface area contributed by atoms with Crippen LogP contribution in [-0.2, 0) is 4.79 Å². The first kappa shape index (κ1) is 21.2. The number of amides is 1. The van der Waals surface area contributed by atoms with Gasteiger partial charge in [0.25, 0.3) is 0 Å². The average Bonchev–Trinajstić information content (AvgIpc) is 3.62. The minimum atomic E-state index is -0.776. The number of hydrogen-bond acceptors (Lipinski definition) is 4. The zero-order valence-corrected chi connectivity index (χ0v) is 18.4. The number of carbonyl (C=O) groups is 1. The molecule has 0 aromatic heterocycles. The average molecular weight is 418 g/mol. The molecule has 1 saturated carbocycles. The van der Waals surface area contributed by atoms with E-state index in [9.17, 15) is 10.1 Å². The van der Waals surface area contributed by atoms with Crippen molar-refractivity contribution >= 4 is 11.6 Å². The molecule has 1 saturated heterocycles. The van der Waals surface area contributed by atoms with Crippen molar-refractivity contribution in [1.82, 2.24) is 5.32 Å². The number of nitriles is 1. The number of nitrogens with zero attached hydrogens (tertiary/aromatic N) is 2. The molecule has 5 heteroatoms. The van der Waals surface area contributed by atoms with Crippen molar-refractivity contribution in [2.45, 2.75) is 51.5 Å². The molecule has 1 heterocycles. The van der Waals surface area contributed by atoms with Crippen molar-refractivity contribution < 1.29 is 9.53 Å². The van der Waals surface area contributed by atoms with E-state index < -0.39 is 5.41 Å². The smallest absolute Gasteiger partial charge is 0.240 e. The van der Waals surface area contributed by atoms with Gasteiger partial charge in [0.05, 0.1) is 18.7 Å². The van der Waals surface area contributed by atoms with Crippen molar-refractivity contribution in [2.75, 3.05) is 24.6 Å². The van der Waals surface area contributed by atoms with E-state index in [0.29, 0.717) is 25.4 Å². The van der Waals surface area contributed by atoms with E-state index >= 15 is 0 Å². The first-order valence-electron chi connectivity index (χ1n) is 11.3. The topological polar surface area (TPSA) is 65.4 Å². The van der Waals surface area contributed by atoms with Crippen LogP contribution in [0.4, 0.5) is 5.69 Å². The second kappa shape index (κ2) is 9.01. The van der Waals surface area contributed by atoms with Gasteiger partial charge in [-0.1, -0.05) is 24.3 Å². The molecule has 1 atom stereocenters. The molecule has 4 rings (SSSR count). The van der Waals surface area contributed by atoms with Crippen LogP contribution in [0.25, 0.3) is 0 Å². The number of ether oxygens (including phenoxy) is 1. The van der Waals surface area contributed by atoms with Gasteiger partial charge in [-0.3, -0.25) is 4.79 Å². The number of piperidine rings is 1. The summed E-state index contributed by atoms with van der Waals surface area (Å²) in [5.74, 6) is 1.40. The number of hydrogen-bond donors (Lipinski definition) is 1. The number of carbonyl (C=O) groups excluding carboxylic acids is 1. The van der Waals surface area contributed by atoms with Gasteiger partial charge in [-0.05, 0) is 80.8 Å². The van der Waals surface area contributed by atoms with Crippen LogP contribution in [0, 0.1) is 16.7 Å². The molecule has 5 nitrogen and oxygen atoms in total. The van der Waals surface area contributed by atoms with Crippen LogP contribution in [0.15, 0.2) is 48.5 Å². The summed E-state index contributed by atoms with van der Waals surface area (Å²) in [6.07, 6.45) is 3.62. The summed E-state index contributed by atoms with van der Waals surface area (Å²) in [5.41, 5.74) is 2.91. The Morgan fingerprint density at radius 1 is 1.16 bits per heavy atom. The summed E-state index contributed by atoms with van der Waals surface area (Å²) in [4.78, 5) is 14.7. The molecule has 0 radical (unpaired) electrons. The third-order valence-corrected chi connectivity index (χ3v) is 6.66. The van der Waals surface area contributed by atoms with Crippen molar-refractivity contribution in [3.8, 4) is 11.8 Å². The van der Waals surface area contributed by atoms with Gasteiger partial charge in [0, 0.05) is 18.8 Å². The molecular weight excluding hydrogens is 386 g/mol. The molecule has 162 valence electrons. The van der Waals surface area contributed by atoms with Gasteiger partial charge in [-0.25, -0.2) is 0 Å². The molecule has 1 aliphatic heterocycles. The minimum absolute atomic E-state index is 0.0993. The Hall–Kier alpha value is -3.00. The minimum Gasteiger partial charge on any atom is -0.494 e. The number of benzene rings is 2. The maximum Gasteiger partial charge on any atom is 0.240 e. The van der Waals surface area contributed by atoms with Crippen LogP contribution in [0.1, 0.15) is 62.6 Å². The van der Waals surface area contributed by atoms with Gasteiger partial charge in [0.2, 0.25) is 5.91 Å². The zero-order valence-electron chi connectivity index (χ0n) is 18.4. The number of anilines is 1. The van der Waals surface area contributed by atoms with E-state index in [-0.39, 0.29) is 11.9 Å². The van der Waals surface area contributed by atoms with E-state index in [1.54, 1.807) is 0 Å². The lowest BCUT2D eigenvalue weighted by atomic mass is 9.89. The van der Waals surface area contributed by atoms with Crippen LogP contribution in [0.2, 0.25) is 0 Å². The lowest BCUT2D eigenvalue weighted by Gasteiger charge is -2.34. The van der Waals surface area contributed by atoms with Gasteiger partial charge < -0.3 is 15.0 Å². The molecule has 1 N–H and O–H groups in total. The Bertz CT molecular complexity index is 934. The maximum absolute atomic E-state index is 12.3. The Balaban J connectivity index is 1.31. The molecule has 0 spiro atoms. The predicted molar refractivity (Wildman–Crippen MR) is 122 cm³/mol. The summed E-state index contributed by atoms with van der Waals surface area (Å²) in [5, 5.41) is 12.2. The lowest BCUT2D eigenvalue weighted by Crippen LogP contribution is -2.34. The Kier molecular flexibility index (Phi) is 6.18. The third kappa shape index (κ3) is 4.69. The van der Waals surface area contributed by atoms with Crippen LogP contribution < -0.4 is 15.0 Å². The molecule has 1 amide bonds. The second-order valence-corrected chi connectivity index (χ2v) is 8.74. The highest BCUT2D eigenvalue weighted by Crippen LogP contribution is 2.45. The molecule has 2 fully saturated rings. The molecular formula is C26H31N3O2. The van der Waals surface area contributed by atoms with Crippen molar-refractivity contribution in [1.29, 1.82) is 5.26 Å². The summed E-state index contributed by atoms with van der Waals surface area (Å²) in [6.45, 7) is 6.75. The largest absolute Gasteiger partial charge is 0.494 e. The molecule has 0 bridgehead atoms. The highest BCUT2D eigenvalue weighted by atomic mass is 16.5. The monoisotopic (exact) mass is 417 g/mol. The third-order valence-electron chi connectivity index (χ3n) is 6.66. The summed E-state index contributed by atoms with van der Waals surface area (Å²) in [7, 11) is 0. The van der Waals surface area contributed by atoms with Gasteiger partial charge in [0.1, 0.15) is 11.2 Å². The van der Waals surface area contributed by atoms with E-state index in [0.717, 1.165) is 37.2 Å². The number of nitrogens with one attached hydrogen (secondary N) is 1. The standard InChI is InChI=1S/C26H31N3O2/c1-3-31-24-10-6-21(7-11-24)22-12-16-29(17-13-22)23-8-4-20(5-9-23)19(2)28-25(30)26(18-27)14-15-26/h4-11,19,22H,3,12-17H2,1-2H3,(H,28,30)/t19-/m0/s1. The quantitative estimate of drug-likeness (QED) is 0.692. The van der Waals surface area contributed by atoms with Crippen LogP contribution in [0.3, 0.4) is 0 Å². The molecule has 31 heavy (non-hydrogen) atoms. The Labute approximate surface area is 185 Å². The Morgan fingerprint density at radius 3 is 2.35 bits per heavy atom. The second-order valence-electron chi connectivity index (χ2n) is 8.74. The fraction of sp³-hybridized carbons (Fsp3) is 0.462. The highest BCUT2D eigenvalue weighted by Gasteiger charge is 2.50. The fourth-order valence-electron chi connectivity index (χ4n) is 4.38. The molecule has 2 aromatic carbocycles. The molecule has 1 aliphatic carbocycles. The summed E-state index contributed by atoms with van der Waals surface area (Å²) < 4.78 is 5.55. The summed E-state index contributed by atoms with van der Waals surface area (Å²) >= 11 is 0. The van der Waals surface area contributed by atoms with Crippen LogP contribution in [0.5, 0.6) is 5.75 Å². The maximum atomic E-state index is 12.3. The molecule has 2 aliphatic rings. The van der Waals surface area contributed by atoms with E-state index in [4.69, 9.17) is 4.74 Å². The summed E-state index contributed by atoms with van der Waals surface area (Å²) in [6, 6.07) is 19.1. The molecule has 0 unspecified atom stereocenters. The van der Waals surface area contributed by atoms with E-state index in [1.807, 2.05) is 13.8 Å².